The molecule has 0 radical (unpaired) electrons. The minimum Gasteiger partial charge on any atom is -0.394 e. The first-order valence-corrected chi connectivity index (χ1v) is 46.0. The van der Waals surface area contributed by atoms with Crippen molar-refractivity contribution in [1.82, 2.24) is 5.32 Å². The zero-order chi connectivity index (χ0) is 80.3. The Morgan fingerprint density at radius 2 is 0.604 bits per heavy atom. The highest BCUT2D eigenvalue weighted by Crippen LogP contribution is 2.34. The maximum Gasteiger partial charge on any atom is 0.220 e. The number of amides is 1. The van der Waals surface area contributed by atoms with Gasteiger partial charge >= 0.3 is 0 Å². The van der Waals surface area contributed by atoms with Gasteiger partial charge < -0.3 is 89.9 Å². The van der Waals surface area contributed by atoms with E-state index in [1.165, 1.54) is 302 Å². The largest absolute Gasteiger partial charge is 0.394 e. The number of nitrogens with one attached hydrogen (secondary N) is 1. The van der Waals surface area contributed by atoms with Gasteiger partial charge in [0.05, 0.1) is 38.6 Å². The van der Waals surface area contributed by atoms with Crippen molar-refractivity contribution in [2.45, 2.75) is 491 Å². The third-order valence-electron chi connectivity index (χ3n) is 22.8. The Labute approximate surface area is 675 Å². The van der Waals surface area contributed by atoms with E-state index >= 15 is 0 Å². The molecule has 19 heteroatoms. The Morgan fingerprint density at radius 1 is 0.324 bits per heavy atom. The third kappa shape index (κ3) is 50.1. The molecule has 0 bridgehead atoms. The molecule has 0 aromatic heterocycles. The molecule has 12 N–H and O–H groups in total. The Kier molecular flexibility index (Phi) is 66.2. The molecule has 650 valence electrons. The molecular weight excluding hydrogens is 1410 g/mol. The van der Waals surface area contributed by atoms with Crippen molar-refractivity contribution in [2.24, 2.45) is 0 Å². The lowest BCUT2D eigenvalue weighted by atomic mass is 9.96. The minimum atomic E-state index is -1.98. The summed E-state index contributed by atoms with van der Waals surface area (Å²) in [5.41, 5.74) is 0. The topological polar surface area (TPSA) is 307 Å². The normalized spacial score (nSPS) is 25.3. The van der Waals surface area contributed by atoms with Gasteiger partial charge in [-0.15, -0.1) is 0 Å². The van der Waals surface area contributed by atoms with E-state index in [0.29, 0.717) is 12.8 Å². The summed E-state index contributed by atoms with van der Waals surface area (Å²) < 4.78 is 34.5. The summed E-state index contributed by atoms with van der Waals surface area (Å²) in [5, 5.41) is 121. The number of rotatable bonds is 75. The standard InChI is InChI=1S/C92H169NO18/c1-3-5-7-9-11-13-15-17-19-21-23-25-27-29-31-33-34-35-36-37-38-39-40-42-44-46-48-50-52-54-56-58-60-62-64-66-68-70-80(98)93-75(76(97)69-67-65-63-61-59-57-55-53-51-49-47-45-43-41-32-30-28-26-24-22-20-18-16-14-12-10-8-6-4-2)74-106-90-86(104)83(101)88(78(72-95)108-90)111-92-87(105)84(102)89(79(73-96)109-92)110-91-85(103)82(100)81(99)77(71-94)107-91/h15,17,21,23,51,53,59,61,67,69,75-79,81-92,94-97,99-105H,3-14,16,18-20,22,24-50,52,54-58,60,62-66,68,70-74H2,1-2H3,(H,93,98)/b17-15-,23-21-,53-51+,61-59+,69-67+. The predicted octanol–water partition coefficient (Wildman–Crippen LogP) is 17.7. The number of unbranched alkanes of at least 4 members (excludes halogenated alkanes) is 51. The molecule has 3 saturated heterocycles. The summed E-state index contributed by atoms with van der Waals surface area (Å²) in [4.78, 5) is 13.5. The first kappa shape index (κ1) is 103. The van der Waals surface area contributed by atoms with Gasteiger partial charge in [0.25, 0.3) is 0 Å². The van der Waals surface area contributed by atoms with E-state index in [4.69, 9.17) is 28.4 Å². The monoisotopic (exact) mass is 1580 g/mol. The fraction of sp³-hybridized carbons (Fsp3) is 0.880. The van der Waals surface area contributed by atoms with Crippen molar-refractivity contribution in [2.75, 3.05) is 26.4 Å². The second kappa shape index (κ2) is 71.6. The molecule has 111 heavy (non-hydrogen) atoms. The Hall–Kier alpha value is -2.51. The first-order chi connectivity index (χ1) is 54.3. The summed E-state index contributed by atoms with van der Waals surface area (Å²) >= 11 is 0. The van der Waals surface area contributed by atoms with E-state index in [-0.39, 0.29) is 18.9 Å². The van der Waals surface area contributed by atoms with Crippen molar-refractivity contribution in [3.63, 3.8) is 0 Å². The van der Waals surface area contributed by atoms with Crippen molar-refractivity contribution in [1.29, 1.82) is 0 Å². The number of aliphatic hydroxyl groups is 11. The van der Waals surface area contributed by atoms with Gasteiger partial charge in [0.1, 0.15) is 73.2 Å². The van der Waals surface area contributed by atoms with Crippen LogP contribution in [-0.2, 0) is 33.2 Å². The molecule has 19 nitrogen and oxygen atoms in total. The molecule has 3 aliphatic heterocycles. The van der Waals surface area contributed by atoms with Crippen molar-refractivity contribution in [3.05, 3.63) is 60.8 Å². The number of carbonyl (C=O) groups excluding carboxylic acids is 1. The molecule has 3 rings (SSSR count). The quantitative estimate of drug-likeness (QED) is 0.0199. The molecule has 17 atom stereocenters. The molecule has 3 fully saturated rings. The smallest absolute Gasteiger partial charge is 0.220 e. The van der Waals surface area contributed by atoms with Crippen LogP contribution in [0.3, 0.4) is 0 Å². The molecule has 17 unspecified atom stereocenters. The number of hydrogen-bond donors (Lipinski definition) is 12. The summed E-state index contributed by atoms with van der Waals surface area (Å²) in [7, 11) is 0. The Balaban J connectivity index is 1.32. The molecule has 0 aliphatic carbocycles. The lowest BCUT2D eigenvalue weighted by Crippen LogP contribution is -2.66. The van der Waals surface area contributed by atoms with E-state index < -0.39 is 124 Å². The lowest BCUT2D eigenvalue weighted by Gasteiger charge is -2.48. The average Bonchev–Trinajstić information content (AvgIpc) is 0.779. The van der Waals surface area contributed by atoms with Crippen molar-refractivity contribution in [3.8, 4) is 0 Å². The first-order valence-electron chi connectivity index (χ1n) is 46.0. The molecule has 1 amide bonds. The Morgan fingerprint density at radius 3 is 0.955 bits per heavy atom. The van der Waals surface area contributed by atoms with Crippen LogP contribution in [0.2, 0.25) is 0 Å². The van der Waals surface area contributed by atoms with Crippen LogP contribution in [0.15, 0.2) is 60.8 Å². The Bertz CT molecular complexity index is 2230. The second-order valence-corrected chi connectivity index (χ2v) is 32.7. The van der Waals surface area contributed by atoms with Crippen LogP contribution in [0.4, 0.5) is 0 Å². The van der Waals surface area contributed by atoms with Crippen LogP contribution in [0.1, 0.15) is 386 Å². The van der Waals surface area contributed by atoms with Gasteiger partial charge in [-0.25, -0.2) is 0 Å². The molecule has 0 spiro atoms. The molecule has 0 aromatic carbocycles. The van der Waals surface area contributed by atoms with Gasteiger partial charge in [0.2, 0.25) is 5.91 Å². The van der Waals surface area contributed by atoms with Crippen LogP contribution in [0.5, 0.6) is 0 Å². The van der Waals surface area contributed by atoms with Crippen LogP contribution in [0, 0.1) is 0 Å². The van der Waals surface area contributed by atoms with Gasteiger partial charge in [0, 0.05) is 6.42 Å². The van der Waals surface area contributed by atoms with E-state index in [1.807, 2.05) is 6.08 Å². The number of carbonyl (C=O) groups is 1. The minimum absolute atomic E-state index is 0.234. The van der Waals surface area contributed by atoms with Gasteiger partial charge in [-0.1, -0.05) is 364 Å². The summed E-state index contributed by atoms with van der Waals surface area (Å²) in [5.74, 6) is -0.283. The number of allylic oxidation sites excluding steroid dienone is 9. The van der Waals surface area contributed by atoms with Crippen LogP contribution in [-0.4, -0.2) is 193 Å². The second-order valence-electron chi connectivity index (χ2n) is 32.7. The average molecular weight is 1580 g/mol. The third-order valence-corrected chi connectivity index (χ3v) is 22.8. The summed E-state index contributed by atoms with van der Waals surface area (Å²) in [6, 6.07) is -0.999. The van der Waals surface area contributed by atoms with Crippen LogP contribution >= 0.6 is 0 Å². The SMILES string of the molecule is CCCCCCC/C=C\C/C=C\CCCCCCCCCCCCCCCCCCCCCCCCCCCC(=O)NC(COC1OC(CO)C(OC2OC(CO)C(OC3OC(CO)C(O)C(O)C3O)C(O)C2O)C(O)C1O)C(O)/C=C/CC/C=C/CC/C=C/CCCCCCCCCCCCCCCCCCCCC. The zero-order valence-electron chi connectivity index (χ0n) is 70.2. The highest BCUT2D eigenvalue weighted by atomic mass is 16.8. The van der Waals surface area contributed by atoms with Gasteiger partial charge in [0.15, 0.2) is 18.9 Å². The number of ether oxygens (including phenoxy) is 6. The van der Waals surface area contributed by atoms with Crippen LogP contribution in [0.25, 0.3) is 0 Å². The number of aliphatic hydroxyl groups excluding tert-OH is 11. The predicted molar refractivity (Wildman–Crippen MR) is 448 cm³/mol. The van der Waals surface area contributed by atoms with Crippen molar-refractivity contribution >= 4 is 5.91 Å². The van der Waals surface area contributed by atoms with E-state index in [1.54, 1.807) is 6.08 Å². The highest BCUT2D eigenvalue weighted by Gasteiger charge is 2.54. The maximum atomic E-state index is 13.5. The summed E-state index contributed by atoms with van der Waals surface area (Å²) in [6.07, 6.45) is 68.2. The van der Waals surface area contributed by atoms with Gasteiger partial charge in [-0.3, -0.25) is 4.79 Å². The van der Waals surface area contributed by atoms with E-state index in [2.05, 4.69) is 67.8 Å². The van der Waals surface area contributed by atoms with Gasteiger partial charge in [-0.2, -0.15) is 0 Å². The van der Waals surface area contributed by atoms with Crippen molar-refractivity contribution < 1.29 is 89.4 Å². The summed E-state index contributed by atoms with van der Waals surface area (Å²) in [6.45, 7) is 1.76. The van der Waals surface area contributed by atoms with Crippen LogP contribution < -0.4 is 5.32 Å². The number of hydrogen-bond acceptors (Lipinski definition) is 18. The molecule has 3 aliphatic rings. The van der Waals surface area contributed by atoms with E-state index in [0.717, 1.165) is 51.4 Å². The molecule has 0 aromatic rings. The fourth-order valence-corrected chi connectivity index (χ4v) is 15.4. The van der Waals surface area contributed by atoms with Gasteiger partial charge in [-0.05, 0) is 77.0 Å². The fourth-order valence-electron chi connectivity index (χ4n) is 15.4. The van der Waals surface area contributed by atoms with E-state index in [9.17, 15) is 61.0 Å². The highest BCUT2D eigenvalue weighted by molar-refractivity contribution is 5.76. The molecule has 3 heterocycles. The lowest BCUT2D eigenvalue weighted by molar-refractivity contribution is -0.379. The molecule has 0 saturated carbocycles. The maximum absolute atomic E-state index is 13.5. The zero-order valence-corrected chi connectivity index (χ0v) is 70.2. The molecular formula is C92H169NO18.